The molecule has 0 atom stereocenters. The molecule has 0 bridgehead atoms. The molecule has 1 aliphatic carbocycles. The number of sulfonamides is 1. The van der Waals surface area contributed by atoms with Gasteiger partial charge in [-0.3, -0.25) is 0 Å². The van der Waals surface area contributed by atoms with Gasteiger partial charge in [0.25, 0.3) is 0 Å². The Morgan fingerprint density at radius 3 is 2.71 bits per heavy atom. The van der Waals surface area contributed by atoms with Crippen LogP contribution in [0.5, 0.6) is 0 Å². The first-order valence-corrected chi connectivity index (χ1v) is 9.25. The summed E-state index contributed by atoms with van der Waals surface area (Å²) < 4.78 is 45.2. The number of hydrogen-bond acceptors (Lipinski definition) is 6. The molecule has 1 aromatic carbocycles. The molecule has 3 N–H and O–H groups in total. The van der Waals surface area contributed by atoms with E-state index >= 15 is 0 Å². The largest absolute Gasteiger partial charge is 0.339 e. The van der Waals surface area contributed by atoms with Crippen LogP contribution in [0.15, 0.2) is 33.7 Å². The van der Waals surface area contributed by atoms with E-state index in [1.807, 2.05) is 0 Å². The van der Waals surface area contributed by atoms with Crippen LogP contribution in [0.4, 0.5) is 4.39 Å². The van der Waals surface area contributed by atoms with E-state index in [0.29, 0.717) is 11.7 Å². The minimum Gasteiger partial charge on any atom is -0.339 e. The van der Waals surface area contributed by atoms with E-state index in [1.165, 1.54) is 18.2 Å². The monoisotopic (exact) mass is 354 g/mol. The van der Waals surface area contributed by atoms with Crippen LogP contribution in [0.1, 0.15) is 37.4 Å². The van der Waals surface area contributed by atoms with Crippen molar-refractivity contribution < 1.29 is 17.3 Å². The second-order valence-electron chi connectivity index (χ2n) is 5.95. The Morgan fingerprint density at radius 2 is 2.00 bits per heavy atom. The first-order chi connectivity index (χ1) is 11.4. The topological polar surface area (TPSA) is 111 Å². The van der Waals surface area contributed by atoms with Gasteiger partial charge in [-0.1, -0.05) is 30.1 Å². The van der Waals surface area contributed by atoms with Crippen molar-refractivity contribution in [2.45, 2.75) is 42.5 Å². The second-order valence-corrected chi connectivity index (χ2v) is 7.69. The molecule has 0 amide bonds. The van der Waals surface area contributed by atoms with Gasteiger partial charge in [0.05, 0.1) is 5.54 Å². The van der Waals surface area contributed by atoms with Crippen molar-refractivity contribution in [1.82, 2.24) is 14.9 Å². The molecule has 0 saturated heterocycles. The van der Waals surface area contributed by atoms with Crippen LogP contribution in [0.2, 0.25) is 0 Å². The molecule has 3 rings (SSSR count). The third kappa shape index (κ3) is 3.47. The van der Waals surface area contributed by atoms with E-state index in [-0.39, 0.29) is 17.9 Å². The summed E-state index contributed by atoms with van der Waals surface area (Å²) >= 11 is 0. The van der Waals surface area contributed by atoms with Gasteiger partial charge in [-0.2, -0.15) is 4.98 Å². The van der Waals surface area contributed by atoms with Crippen LogP contribution in [0, 0.1) is 5.82 Å². The van der Waals surface area contributed by atoms with Gasteiger partial charge in [0.2, 0.25) is 15.9 Å². The van der Waals surface area contributed by atoms with Gasteiger partial charge in [0.1, 0.15) is 10.7 Å². The SMILES string of the molecule is NC1(c2noc(CCNS(=O)(=O)c3ccccc3F)n2)CCCC1. The lowest BCUT2D eigenvalue weighted by Crippen LogP contribution is -2.34. The summed E-state index contributed by atoms with van der Waals surface area (Å²) in [5.41, 5.74) is 5.70. The first kappa shape index (κ1) is 17.0. The van der Waals surface area contributed by atoms with Crippen molar-refractivity contribution >= 4 is 10.0 Å². The van der Waals surface area contributed by atoms with Crippen molar-refractivity contribution in [2.24, 2.45) is 5.73 Å². The van der Waals surface area contributed by atoms with Crippen molar-refractivity contribution in [3.8, 4) is 0 Å². The summed E-state index contributed by atoms with van der Waals surface area (Å²) in [7, 11) is -3.92. The number of aromatic nitrogens is 2. The van der Waals surface area contributed by atoms with Gasteiger partial charge in [-0.05, 0) is 25.0 Å². The van der Waals surface area contributed by atoms with Crippen LogP contribution >= 0.6 is 0 Å². The molecule has 0 aliphatic heterocycles. The van der Waals surface area contributed by atoms with E-state index in [4.69, 9.17) is 10.3 Å². The summed E-state index contributed by atoms with van der Waals surface area (Å²) in [5.74, 6) is -0.0266. The maximum absolute atomic E-state index is 13.6. The van der Waals surface area contributed by atoms with Gasteiger partial charge < -0.3 is 10.3 Å². The molecular weight excluding hydrogens is 335 g/mol. The number of nitrogens with one attached hydrogen (secondary N) is 1. The van der Waals surface area contributed by atoms with Crippen LogP contribution in [-0.4, -0.2) is 25.1 Å². The van der Waals surface area contributed by atoms with E-state index < -0.39 is 21.4 Å². The average Bonchev–Trinajstić information content (AvgIpc) is 3.17. The lowest BCUT2D eigenvalue weighted by Gasteiger charge is -2.17. The van der Waals surface area contributed by atoms with Gasteiger partial charge in [0, 0.05) is 13.0 Å². The molecule has 130 valence electrons. The normalized spacial score (nSPS) is 17.2. The highest BCUT2D eigenvalue weighted by atomic mass is 32.2. The van der Waals surface area contributed by atoms with Crippen LogP contribution in [-0.2, 0) is 22.0 Å². The number of benzene rings is 1. The second kappa shape index (κ2) is 6.58. The maximum atomic E-state index is 13.6. The lowest BCUT2D eigenvalue weighted by molar-refractivity contribution is 0.348. The Morgan fingerprint density at radius 1 is 1.29 bits per heavy atom. The minimum absolute atomic E-state index is 0.0237. The van der Waals surface area contributed by atoms with Crippen molar-refractivity contribution in [2.75, 3.05) is 6.54 Å². The van der Waals surface area contributed by atoms with Crippen LogP contribution in [0.3, 0.4) is 0 Å². The van der Waals surface area contributed by atoms with Crippen LogP contribution < -0.4 is 10.5 Å². The third-order valence-electron chi connectivity index (χ3n) is 4.17. The number of nitrogens with two attached hydrogens (primary N) is 1. The molecule has 1 aromatic heterocycles. The molecule has 1 heterocycles. The molecule has 1 aliphatic rings. The molecule has 0 spiro atoms. The summed E-state index contributed by atoms with van der Waals surface area (Å²) in [6.45, 7) is 0.0237. The Labute approximate surface area is 139 Å². The highest BCUT2D eigenvalue weighted by Gasteiger charge is 2.35. The van der Waals surface area contributed by atoms with Gasteiger partial charge >= 0.3 is 0 Å². The maximum Gasteiger partial charge on any atom is 0.243 e. The summed E-state index contributed by atoms with van der Waals surface area (Å²) in [6.07, 6.45) is 3.89. The van der Waals surface area contributed by atoms with Crippen molar-refractivity contribution in [1.29, 1.82) is 0 Å². The quantitative estimate of drug-likeness (QED) is 0.812. The van der Waals surface area contributed by atoms with E-state index in [0.717, 1.165) is 31.7 Å². The lowest BCUT2D eigenvalue weighted by atomic mass is 9.99. The van der Waals surface area contributed by atoms with E-state index in [2.05, 4.69) is 14.9 Å². The molecule has 2 aromatic rings. The van der Waals surface area contributed by atoms with Gasteiger partial charge in [0.15, 0.2) is 5.82 Å². The molecule has 1 fully saturated rings. The number of halogens is 1. The Hall–Kier alpha value is -1.84. The van der Waals surface area contributed by atoms with E-state index in [9.17, 15) is 12.8 Å². The molecule has 24 heavy (non-hydrogen) atoms. The summed E-state index contributed by atoms with van der Waals surface area (Å²) in [4.78, 5) is 3.88. The highest BCUT2D eigenvalue weighted by Crippen LogP contribution is 2.34. The molecular formula is C15H19FN4O3S. The number of nitrogens with zero attached hydrogens (tertiary/aromatic N) is 2. The smallest absolute Gasteiger partial charge is 0.243 e. The summed E-state index contributed by atoms with van der Waals surface area (Å²) in [5, 5.41) is 3.91. The zero-order valence-electron chi connectivity index (χ0n) is 13.0. The van der Waals surface area contributed by atoms with Crippen molar-refractivity contribution in [3.05, 3.63) is 41.8 Å². The van der Waals surface area contributed by atoms with E-state index in [1.54, 1.807) is 0 Å². The number of rotatable bonds is 6. The Kier molecular flexibility index (Phi) is 4.66. The first-order valence-electron chi connectivity index (χ1n) is 7.77. The third-order valence-corrected chi connectivity index (χ3v) is 5.66. The Balaban J connectivity index is 1.61. The Bertz CT molecular complexity index is 816. The number of hydrogen-bond donors (Lipinski definition) is 2. The molecule has 7 nitrogen and oxygen atoms in total. The zero-order chi connectivity index (χ0) is 17.2. The molecule has 1 saturated carbocycles. The fraction of sp³-hybridized carbons (Fsp3) is 0.467. The summed E-state index contributed by atoms with van der Waals surface area (Å²) in [6, 6.07) is 5.20. The molecule has 9 heteroatoms. The standard InChI is InChI=1S/C15H19FN4O3S/c16-11-5-1-2-6-12(11)24(21,22)18-10-7-13-19-14(20-23-13)15(17)8-3-4-9-15/h1-2,5-6,18H,3-4,7-10,17H2. The predicted octanol–water partition coefficient (Wildman–Crippen LogP) is 1.46. The van der Waals surface area contributed by atoms with Crippen LogP contribution in [0.25, 0.3) is 0 Å². The predicted molar refractivity (Wildman–Crippen MR) is 83.9 cm³/mol. The molecule has 0 radical (unpaired) electrons. The van der Waals surface area contributed by atoms with Gasteiger partial charge in [-0.15, -0.1) is 0 Å². The fourth-order valence-electron chi connectivity index (χ4n) is 2.82. The highest BCUT2D eigenvalue weighted by molar-refractivity contribution is 7.89. The zero-order valence-corrected chi connectivity index (χ0v) is 13.9. The van der Waals surface area contributed by atoms with Crippen molar-refractivity contribution in [3.63, 3.8) is 0 Å². The van der Waals surface area contributed by atoms with Gasteiger partial charge in [-0.25, -0.2) is 17.5 Å². The average molecular weight is 354 g/mol. The molecule has 0 unspecified atom stereocenters. The minimum atomic E-state index is -3.92. The fourth-order valence-corrected chi connectivity index (χ4v) is 3.93.